The van der Waals surface area contributed by atoms with E-state index in [1.165, 1.54) is 29.5 Å². The number of nitrogens with zero attached hydrogens (tertiary/aromatic N) is 3. The van der Waals surface area contributed by atoms with Crippen LogP contribution in [-0.2, 0) is 11.3 Å². The van der Waals surface area contributed by atoms with Crippen molar-refractivity contribution < 1.29 is 4.79 Å². The van der Waals surface area contributed by atoms with E-state index in [4.69, 9.17) is 0 Å². The topological polar surface area (TPSA) is 26.8 Å². The maximum absolute atomic E-state index is 13.2. The monoisotopic (exact) mass is 443 g/mol. The van der Waals surface area contributed by atoms with Gasteiger partial charge in [0.2, 0.25) is 5.91 Å². The first-order valence-electron chi connectivity index (χ1n) is 12.6. The summed E-state index contributed by atoms with van der Waals surface area (Å²) in [5.74, 6) is 0.713. The first-order valence-corrected chi connectivity index (χ1v) is 12.6. The van der Waals surface area contributed by atoms with Crippen molar-refractivity contribution in [2.24, 2.45) is 11.3 Å². The number of rotatable bonds is 6. The Hall–Kier alpha value is -2.43. The number of carbonyl (C=O) groups excluding carboxylic acids is 1. The van der Waals surface area contributed by atoms with Crippen molar-refractivity contribution >= 4 is 12.0 Å². The zero-order valence-electron chi connectivity index (χ0n) is 20.0. The Morgan fingerprint density at radius 1 is 0.909 bits per heavy atom. The minimum Gasteiger partial charge on any atom is -0.340 e. The van der Waals surface area contributed by atoms with Gasteiger partial charge in [-0.2, -0.15) is 0 Å². The van der Waals surface area contributed by atoms with Gasteiger partial charge >= 0.3 is 0 Å². The van der Waals surface area contributed by atoms with Gasteiger partial charge in [-0.15, -0.1) is 0 Å². The molecular weight excluding hydrogens is 406 g/mol. The third-order valence-electron chi connectivity index (χ3n) is 8.02. The number of carbonyl (C=O) groups is 1. The van der Waals surface area contributed by atoms with Gasteiger partial charge in [0.15, 0.2) is 0 Å². The van der Waals surface area contributed by atoms with Crippen LogP contribution in [0.15, 0.2) is 60.7 Å². The van der Waals surface area contributed by atoms with Crippen LogP contribution in [0.4, 0.5) is 0 Å². The Bertz CT molecular complexity index is 952. The first-order chi connectivity index (χ1) is 16.1. The van der Waals surface area contributed by atoms with Gasteiger partial charge in [0, 0.05) is 45.2 Å². The van der Waals surface area contributed by atoms with Crippen LogP contribution in [0.1, 0.15) is 36.0 Å². The SMILES string of the molecule is Cc1ccc(CN2CCC3(CC2)CC3C(=O)N2CCN(C/C=C/c3ccccc3)CC2)cc1. The van der Waals surface area contributed by atoms with Crippen molar-refractivity contribution in [3.8, 4) is 0 Å². The van der Waals surface area contributed by atoms with E-state index in [9.17, 15) is 4.79 Å². The van der Waals surface area contributed by atoms with E-state index in [2.05, 4.69) is 82.3 Å². The van der Waals surface area contributed by atoms with Crippen LogP contribution in [0.5, 0.6) is 0 Å². The van der Waals surface area contributed by atoms with Crippen molar-refractivity contribution in [1.29, 1.82) is 0 Å². The van der Waals surface area contributed by atoms with Gasteiger partial charge in [0.25, 0.3) is 0 Å². The molecule has 2 aromatic rings. The molecule has 4 heteroatoms. The molecule has 5 rings (SSSR count). The summed E-state index contributed by atoms with van der Waals surface area (Å²) in [4.78, 5) is 20.4. The minimum absolute atomic E-state index is 0.281. The fraction of sp³-hybridized carbons (Fsp3) is 0.483. The van der Waals surface area contributed by atoms with E-state index in [-0.39, 0.29) is 5.92 Å². The lowest BCUT2D eigenvalue weighted by Crippen LogP contribution is -2.49. The van der Waals surface area contributed by atoms with Crippen molar-refractivity contribution in [2.45, 2.75) is 32.7 Å². The second-order valence-electron chi connectivity index (χ2n) is 10.3. The molecule has 2 aliphatic heterocycles. The van der Waals surface area contributed by atoms with Crippen LogP contribution >= 0.6 is 0 Å². The standard InChI is InChI=1S/C29H37N3O/c1-24-9-11-26(12-10-24)23-31-16-13-29(14-17-31)22-27(29)28(33)32-20-18-30(19-21-32)15-5-8-25-6-3-2-4-7-25/h2-12,27H,13-23H2,1H3/b8-5+. The molecule has 3 fully saturated rings. The maximum Gasteiger partial charge on any atom is 0.226 e. The second-order valence-corrected chi connectivity index (χ2v) is 10.3. The first kappa shape index (κ1) is 22.4. The van der Waals surface area contributed by atoms with Gasteiger partial charge in [-0.25, -0.2) is 0 Å². The molecule has 0 N–H and O–H groups in total. The summed E-state index contributed by atoms with van der Waals surface area (Å²) >= 11 is 0. The molecule has 2 aromatic carbocycles. The lowest BCUT2D eigenvalue weighted by molar-refractivity contribution is -0.135. The van der Waals surface area contributed by atoms with Gasteiger partial charge in [-0.1, -0.05) is 72.3 Å². The third kappa shape index (κ3) is 5.39. The van der Waals surface area contributed by atoms with Crippen LogP contribution in [0.3, 0.4) is 0 Å². The number of amides is 1. The van der Waals surface area contributed by atoms with Crippen molar-refractivity contribution in [1.82, 2.24) is 14.7 Å². The average molecular weight is 444 g/mol. The minimum atomic E-state index is 0.281. The van der Waals surface area contributed by atoms with E-state index in [1.807, 2.05) is 6.07 Å². The van der Waals surface area contributed by atoms with Crippen LogP contribution in [0.2, 0.25) is 0 Å². The second kappa shape index (κ2) is 9.82. The highest BCUT2D eigenvalue weighted by Crippen LogP contribution is 2.60. The molecule has 0 radical (unpaired) electrons. The zero-order valence-corrected chi connectivity index (χ0v) is 20.0. The summed E-state index contributed by atoms with van der Waals surface area (Å²) in [7, 11) is 0. The fourth-order valence-corrected chi connectivity index (χ4v) is 5.63. The number of piperazine rings is 1. The van der Waals surface area contributed by atoms with E-state index in [1.54, 1.807) is 0 Å². The molecule has 0 bridgehead atoms. The van der Waals surface area contributed by atoms with E-state index in [0.717, 1.165) is 58.8 Å². The molecule has 1 spiro atoms. The molecule has 2 saturated heterocycles. The van der Waals surface area contributed by atoms with Crippen LogP contribution in [0, 0.1) is 18.3 Å². The van der Waals surface area contributed by atoms with Gasteiger partial charge in [-0.05, 0) is 55.8 Å². The highest BCUT2D eigenvalue weighted by atomic mass is 16.2. The largest absolute Gasteiger partial charge is 0.340 e. The Balaban J connectivity index is 1.04. The van der Waals surface area contributed by atoms with Crippen LogP contribution in [-0.4, -0.2) is 66.4 Å². The summed E-state index contributed by atoms with van der Waals surface area (Å²) in [6, 6.07) is 19.4. The molecular formula is C29H37N3O. The lowest BCUT2D eigenvalue weighted by Gasteiger charge is -2.36. The maximum atomic E-state index is 13.2. The molecule has 1 aliphatic carbocycles. The Labute approximate surface area is 198 Å². The predicted molar refractivity (Wildman–Crippen MR) is 135 cm³/mol. The van der Waals surface area contributed by atoms with Crippen LogP contribution < -0.4 is 0 Å². The number of aryl methyl sites for hydroxylation is 1. The van der Waals surface area contributed by atoms with Crippen LogP contribution in [0.25, 0.3) is 6.08 Å². The van der Waals surface area contributed by atoms with Gasteiger partial charge in [0.1, 0.15) is 0 Å². The Morgan fingerprint density at radius 3 is 2.30 bits per heavy atom. The number of hydrogen-bond donors (Lipinski definition) is 0. The van der Waals surface area contributed by atoms with E-state index in [0.29, 0.717) is 11.3 Å². The summed E-state index contributed by atoms with van der Waals surface area (Å²) < 4.78 is 0. The molecule has 1 saturated carbocycles. The molecule has 174 valence electrons. The highest BCUT2D eigenvalue weighted by molar-refractivity contribution is 5.83. The molecule has 3 aliphatic rings. The van der Waals surface area contributed by atoms with Crippen molar-refractivity contribution in [2.75, 3.05) is 45.8 Å². The third-order valence-corrected chi connectivity index (χ3v) is 8.02. The molecule has 33 heavy (non-hydrogen) atoms. The summed E-state index contributed by atoms with van der Waals surface area (Å²) in [5, 5.41) is 0. The van der Waals surface area contributed by atoms with Gasteiger partial charge < -0.3 is 4.90 Å². The number of benzene rings is 2. The smallest absolute Gasteiger partial charge is 0.226 e. The van der Waals surface area contributed by atoms with Crippen molar-refractivity contribution in [3.63, 3.8) is 0 Å². The molecule has 0 aromatic heterocycles. The number of hydrogen-bond acceptors (Lipinski definition) is 3. The molecule has 2 heterocycles. The lowest BCUT2D eigenvalue weighted by atomic mass is 9.90. The van der Waals surface area contributed by atoms with E-state index < -0.39 is 0 Å². The summed E-state index contributed by atoms with van der Waals surface area (Å²) in [5.41, 5.74) is 4.27. The van der Waals surface area contributed by atoms with Gasteiger partial charge in [-0.3, -0.25) is 14.6 Å². The van der Waals surface area contributed by atoms with Crippen molar-refractivity contribution in [3.05, 3.63) is 77.4 Å². The highest BCUT2D eigenvalue weighted by Gasteiger charge is 2.59. The quantitative estimate of drug-likeness (QED) is 0.660. The summed E-state index contributed by atoms with van der Waals surface area (Å²) in [6.45, 7) is 10.1. The number of likely N-dealkylation sites (tertiary alicyclic amines) is 1. The van der Waals surface area contributed by atoms with E-state index >= 15 is 0 Å². The molecule has 1 unspecified atom stereocenters. The Kier molecular flexibility index (Phi) is 6.66. The fourth-order valence-electron chi connectivity index (χ4n) is 5.63. The molecule has 1 amide bonds. The molecule has 4 nitrogen and oxygen atoms in total. The summed E-state index contributed by atoms with van der Waals surface area (Å²) in [6.07, 6.45) is 7.91. The average Bonchev–Trinajstić information content (AvgIpc) is 3.56. The zero-order chi connectivity index (χ0) is 22.7. The predicted octanol–water partition coefficient (Wildman–Crippen LogP) is 4.45. The molecule has 1 atom stereocenters. The normalized spacial score (nSPS) is 23.3. The Morgan fingerprint density at radius 2 is 1.61 bits per heavy atom. The number of piperidine rings is 1. The van der Waals surface area contributed by atoms with Gasteiger partial charge in [0.05, 0.1) is 0 Å².